The summed E-state index contributed by atoms with van der Waals surface area (Å²) in [7, 11) is -3.80. The highest BCUT2D eigenvalue weighted by atomic mass is 35.5. The fourth-order valence-corrected chi connectivity index (χ4v) is 5.65. The number of rotatable bonds is 18. The number of unbranched alkanes of at least 4 members (excludes halogenated alkanes) is 14. The fraction of sp³-hybridized carbons (Fsp3) is 0.531. The molecule has 0 aliphatic carbocycles. The zero-order valence-electron chi connectivity index (χ0n) is 24.5. The minimum atomic E-state index is -3.80. The quantitative estimate of drug-likeness (QED) is 0.111. The summed E-state index contributed by atoms with van der Waals surface area (Å²) in [4.78, 5) is 20.1. The van der Waals surface area contributed by atoms with Gasteiger partial charge in [0, 0.05) is 12.1 Å². The smallest absolute Gasteiger partial charge is 0.264 e. The van der Waals surface area contributed by atoms with Crippen molar-refractivity contribution in [3.8, 4) is 0 Å². The van der Waals surface area contributed by atoms with Gasteiger partial charge in [-0.25, -0.2) is 18.1 Å². The second-order valence-corrected chi connectivity index (χ2v) is 12.5. The van der Waals surface area contributed by atoms with Gasteiger partial charge in [0.25, 0.3) is 10.0 Å². The number of sulfonamides is 1. The monoisotopic (exact) mass is 602 g/mol. The molecule has 226 valence electrons. The summed E-state index contributed by atoms with van der Waals surface area (Å²) in [5.41, 5.74) is 7.75. The third-order valence-electron chi connectivity index (χ3n) is 6.87. The second-order valence-electron chi connectivity index (χ2n) is 10.5. The van der Waals surface area contributed by atoms with E-state index in [0.29, 0.717) is 10.8 Å². The third-order valence-corrected chi connectivity index (χ3v) is 8.44. The van der Waals surface area contributed by atoms with E-state index >= 15 is 0 Å². The molecule has 9 heteroatoms. The molecule has 7 nitrogen and oxygen atoms in total. The van der Waals surface area contributed by atoms with Gasteiger partial charge in [0.05, 0.1) is 22.1 Å². The van der Waals surface area contributed by atoms with Gasteiger partial charge < -0.3 is 5.73 Å². The SMILES string of the molecule is CCCCCCCCCCCCCCCCCC(=O)NS(=O)(=O)c1ccc(N)cc1.Clc1cnc2ccccc2n1. The van der Waals surface area contributed by atoms with Crippen LogP contribution in [0.1, 0.15) is 110 Å². The van der Waals surface area contributed by atoms with Crippen LogP contribution in [0.25, 0.3) is 11.0 Å². The molecule has 3 N–H and O–H groups in total. The Morgan fingerprint density at radius 3 is 1.78 bits per heavy atom. The number of carbonyl (C=O) groups excluding carboxylic acids is 1. The Balaban J connectivity index is 0.000000438. The molecule has 0 unspecified atom stereocenters. The number of amides is 1. The minimum absolute atomic E-state index is 0.0570. The number of benzene rings is 2. The molecule has 0 atom stereocenters. The first-order valence-corrected chi connectivity index (χ1v) is 17.0. The molecule has 1 amide bonds. The number of hydrogen-bond acceptors (Lipinski definition) is 6. The summed E-state index contributed by atoms with van der Waals surface area (Å²) < 4.78 is 26.4. The lowest BCUT2D eigenvalue weighted by molar-refractivity contribution is -0.119. The Morgan fingerprint density at radius 2 is 1.24 bits per heavy atom. The van der Waals surface area contributed by atoms with E-state index in [1.165, 1.54) is 101 Å². The highest BCUT2D eigenvalue weighted by Gasteiger charge is 2.16. The molecule has 0 saturated carbocycles. The molecule has 1 heterocycles. The van der Waals surface area contributed by atoms with E-state index in [2.05, 4.69) is 21.6 Å². The predicted molar refractivity (Wildman–Crippen MR) is 170 cm³/mol. The van der Waals surface area contributed by atoms with Crippen molar-refractivity contribution in [3.05, 3.63) is 59.9 Å². The van der Waals surface area contributed by atoms with Crippen molar-refractivity contribution in [2.75, 3.05) is 5.73 Å². The number of aromatic nitrogens is 2. The molecule has 3 rings (SSSR count). The number of anilines is 1. The molecule has 3 aromatic rings. The van der Waals surface area contributed by atoms with Crippen LogP contribution < -0.4 is 10.5 Å². The maximum atomic E-state index is 12.1. The van der Waals surface area contributed by atoms with Crippen molar-refractivity contribution >= 4 is 44.3 Å². The summed E-state index contributed by atoms with van der Waals surface area (Å²) in [6.07, 6.45) is 20.7. The summed E-state index contributed by atoms with van der Waals surface area (Å²) in [6.45, 7) is 2.26. The van der Waals surface area contributed by atoms with Gasteiger partial charge in [-0.3, -0.25) is 9.78 Å². The van der Waals surface area contributed by atoms with E-state index in [1.807, 2.05) is 24.3 Å². The lowest BCUT2D eigenvalue weighted by Gasteiger charge is -2.07. The van der Waals surface area contributed by atoms with E-state index in [1.54, 1.807) is 6.20 Å². The van der Waals surface area contributed by atoms with E-state index in [-0.39, 0.29) is 11.3 Å². The predicted octanol–water partition coefficient (Wildman–Crippen LogP) is 8.62. The van der Waals surface area contributed by atoms with Crippen LogP contribution in [0, 0.1) is 0 Å². The zero-order chi connectivity index (χ0) is 29.8. The van der Waals surface area contributed by atoms with Crippen molar-refractivity contribution < 1.29 is 13.2 Å². The Morgan fingerprint density at radius 1 is 0.756 bits per heavy atom. The lowest BCUT2D eigenvalue weighted by Crippen LogP contribution is -2.30. The highest BCUT2D eigenvalue weighted by molar-refractivity contribution is 7.90. The van der Waals surface area contributed by atoms with E-state index in [4.69, 9.17) is 17.3 Å². The van der Waals surface area contributed by atoms with Crippen LogP contribution in [0.5, 0.6) is 0 Å². The van der Waals surface area contributed by atoms with E-state index < -0.39 is 15.9 Å². The number of nitrogens with two attached hydrogens (primary N) is 1. The van der Waals surface area contributed by atoms with E-state index in [9.17, 15) is 13.2 Å². The van der Waals surface area contributed by atoms with Gasteiger partial charge >= 0.3 is 0 Å². The summed E-state index contributed by atoms with van der Waals surface area (Å²) in [5.74, 6) is -0.443. The normalized spacial score (nSPS) is 11.2. The summed E-state index contributed by atoms with van der Waals surface area (Å²) >= 11 is 5.65. The lowest BCUT2D eigenvalue weighted by atomic mass is 10.0. The standard InChI is InChI=1S/C24H42N2O3S.C8H5ClN2/c1-2-3-4-5-6-7-8-9-10-11-12-13-14-15-16-17-24(27)26-30(28,29)23-20-18-22(25)19-21-23;9-8-5-10-6-3-1-2-4-7(6)11-8/h18-21H,2-17,25H2,1H3,(H,26,27);1-5H. The Bertz CT molecular complexity index is 1250. The van der Waals surface area contributed by atoms with Gasteiger partial charge in [0.1, 0.15) is 5.15 Å². The first-order valence-electron chi connectivity index (χ1n) is 15.1. The zero-order valence-corrected chi connectivity index (χ0v) is 26.1. The molecule has 41 heavy (non-hydrogen) atoms. The number of nitrogens with zero attached hydrogens (tertiary/aromatic N) is 2. The van der Waals surface area contributed by atoms with Gasteiger partial charge in [0.2, 0.25) is 5.91 Å². The summed E-state index contributed by atoms with van der Waals surface area (Å²) in [5, 5.41) is 0.434. The molecule has 0 radical (unpaired) electrons. The summed E-state index contributed by atoms with van der Waals surface area (Å²) in [6, 6.07) is 13.4. The maximum Gasteiger partial charge on any atom is 0.264 e. The number of fused-ring (bicyclic) bond motifs is 1. The number of carbonyl (C=O) groups is 1. The molecule has 0 spiro atoms. The molecule has 0 saturated heterocycles. The average Bonchev–Trinajstić information content (AvgIpc) is 2.95. The number of nitrogen functional groups attached to an aromatic ring is 1. The van der Waals surface area contributed by atoms with Crippen molar-refractivity contribution in [1.29, 1.82) is 0 Å². The first kappa shape index (κ1) is 34.5. The number of halogens is 1. The Labute approximate surface area is 251 Å². The average molecular weight is 603 g/mol. The molecule has 1 aromatic heterocycles. The van der Waals surface area contributed by atoms with Crippen molar-refractivity contribution in [3.63, 3.8) is 0 Å². The van der Waals surface area contributed by atoms with Crippen LogP contribution in [0.4, 0.5) is 5.69 Å². The molecule has 0 fully saturated rings. The van der Waals surface area contributed by atoms with Gasteiger partial charge in [-0.2, -0.15) is 0 Å². The first-order chi connectivity index (χ1) is 19.8. The molecular formula is C32H47ClN4O3S. The molecule has 0 bridgehead atoms. The Kier molecular flexibility index (Phi) is 17.0. The Hall–Kier alpha value is -2.71. The van der Waals surface area contributed by atoms with Gasteiger partial charge in [-0.05, 0) is 42.8 Å². The van der Waals surface area contributed by atoms with Crippen molar-refractivity contribution in [2.45, 2.75) is 115 Å². The largest absolute Gasteiger partial charge is 0.399 e. The van der Waals surface area contributed by atoms with Crippen LogP contribution in [0.15, 0.2) is 59.6 Å². The molecule has 0 aliphatic rings. The van der Waals surface area contributed by atoms with Gasteiger partial charge in [-0.15, -0.1) is 0 Å². The van der Waals surface area contributed by atoms with Crippen LogP contribution >= 0.6 is 11.6 Å². The van der Waals surface area contributed by atoms with Crippen LogP contribution in [0.3, 0.4) is 0 Å². The van der Waals surface area contributed by atoms with Crippen LogP contribution in [0.2, 0.25) is 5.15 Å². The minimum Gasteiger partial charge on any atom is -0.399 e. The highest BCUT2D eigenvalue weighted by Crippen LogP contribution is 2.15. The number of hydrogen-bond donors (Lipinski definition) is 2. The second kappa shape index (κ2) is 20.2. The third kappa shape index (κ3) is 15.2. The molecular weight excluding hydrogens is 556 g/mol. The van der Waals surface area contributed by atoms with Crippen LogP contribution in [-0.4, -0.2) is 24.3 Å². The number of para-hydroxylation sites is 2. The van der Waals surface area contributed by atoms with Gasteiger partial charge in [0.15, 0.2) is 0 Å². The molecule has 2 aromatic carbocycles. The van der Waals surface area contributed by atoms with Crippen molar-refractivity contribution in [1.82, 2.24) is 14.7 Å². The topological polar surface area (TPSA) is 115 Å². The number of nitrogens with one attached hydrogen (secondary N) is 1. The van der Waals surface area contributed by atoms with E-state index in [0.717, 1.165) is 30.3 Å². The van der Waals surface area contributed by atoms with Crippen LogP contribution in [-0.2, 0) is 14.8 Å². The molecule has 0 aliphatic heterocycles. The maximum absolute atomic E-state index is 12.1. The fourth-order valence-electron chi connectivity index (χ4n) is 4.50. The van der Waals surface area contributed by atoms with Gasteiger partial charge in [-0.1, -0.05) is 121 Å². The van der Waals surface area contributed by atoms with Crippen molar-refractivity contribution in [2.24, 2.45) is 0 Å².